The third-order valence-corrected chi connectivity index (χ3v) is 11.0. The lowest BCUT2D eigenvalue weighted by Crippen LogP contribution is -2.46. The molecule has 0 bridgehead atoms. The Morgan fingerprint density at radius 2 is 0.875 bits per heavy atom. The highest BCUT2D eigenvalue weighted by molar-refractivity contribution is 5.77. The van der Waals surface area contributed by atoms with Crippen molar-refractivity contribution in [2.45, 2.75) is 225 Å². The van der Waals surface area contributed by atoms with E-state index in [2.05, 4.69) is 56.5 Å². The Morgan fingerprint density at radius 1 is 0.469 bits per heavy atom. The van der Waals surface area contributed by atoms with Gasteiger partial charge in [0, 0.05) is 6.42 Å². The topological polar surface area (TPSA) is 95.9 Å². The lowest BCUT2D eigenvalue weighted by Gasteiger charge is -2.24. The minimum absolute atomic E-state index is 0.0126. The van der Waals surface area contributed by atoms with Crippen molar-refractivity contribution in [3.63, 3.8) is 0 Å². The van der Waals surface area contributed by atoms with E-state index in [0.717, 1.165) is 70.6 Å². The summed E-state index contributed by atoms with van der Waals surface area (Å²) in [7, 11) is 0. The maximum atomic E-state index is 13.2. The highest BCUT2D eigenvalue weighted by Gasteiger charge is 2.24. The number of aliphatic hydroxyl groups excluding tert-OH is 2. The number of unbranched alkanes of at least 4 members (excludes halogenated alkanes) is 20. The number of ether oxygens (including phenoxy) is 1. The largest absolute Gasteiger partial charge is 0.462 e. The molecule has 362 valence electrons. The van der Waals surface area contributed by atoms with Crippen LogP contribution in [0.5, 0.6) is 0 Å². The van der Waals surface area contributed by atoms with Crippen molar-refractivity contribution in [3.05, 3.63) is 122 Å². The van der Waals surface area contributed by atoms with E-state index in [1.54, 1.807) is 0 Å². The summed E-state index contributed by atoms with van der Waals surface area (Å²) in [5, 5.41) is 23.8. The van der Waals surface area contributed by atoms with Crippen LogP contribution in [0.4, 0.5) is 0 Å². The monoisotopic (exact) mass is 886 g/mol. The van der Waals surface area contributed by atoms with Crippen LogP contribution in [-0.2, 0) is 14.3 Å². The first-order chi connectivity index (χ1) is 31.5. The van der Waals surface area contributed by atoms with Gasteiger partial charge in [-0.3, -0.25) is 9.59 Å². The second-order valence-corrected chi connectivity index (χ2v) is 17.1. The standard InChI is InChI=1S/C58H95NO5/c1-4-7-10-13-16-19-22-25-27-29-32-34-37-40-43-46-49-54(64-58(63)51-48-45-42-39-36-31-24-21-18-15-12-9-6-3)52-57(62)59-55(53-60)56(61)50-47-44-41-38-35-33-30-28-26-23-20-17-14-11-8-5-2/h9-10,12-13,15-16,18-19,21-22,24-25,27,29,31-32,34,36,39,42,54-56,60-61H,4-8,11,14,17,20,23,26,28,30,33,35,37-38,40-41,43-53H2,1-3H3,(H,59,62)/b12-9+,13-10+,18-15+,19-16+,24-21-,25-22+,29-27+,34-32+,36-31-,42-39+. The molecular formula is C58H95NO5. The summed E-state index contributed by atoms with van der Waals surface area (Å²) in [6.45, 7) is 6.21. The summed E-state index contributed by atoms with van der Waals surface area (Å²) in [5.74, 6) is -0.616. The Morgan fingerprint density at radius 3 is 1.34 bits per heavy atom. The fourth-order valence-electron chi connectivity index (χ4n) is 7.14. The molecule has 0 aliphatic rings. The number of hydrogen-bond donors (Lipinski definition) is 3. The van der Waals surface area contributed by atoms with E-state index in [-0.39, 0.29) is 31.3 Å². The molecule has 0 aliphatic heterocycles. The molecule has 6 heteroatoms. The first-order valence-electron chi connectivity index (χ1n) is 25.9. The van der Waals surface area contributed by atoms with Crippen molar-refractivity contribution in [2.75, 3.05) is 6.61 Å². The molecule has 0 aromatic rings. The van der Waals surface area contributed by atoms with Gasteiger partial charge in [0.1, 0.15) is 6.10 Å². The molecule has 0 radical (unpaired) electrons. The molecule has 0 heterocycles. The molecule has 0 saturated heterocycles. The molecule has 0 aromatic heterocycles. The summed E-state index contributed by atoms with van der Waals surface area (Å²) < 4.78 is 5.87. The van der Waals surface area contributed by atoms with Gasteiger partial charge in [-0.2, -0.15) is 0 Å². The molecule has 64 heavy (non-hydrogen) atoms. The van der Waals surface area contributed by atoms with Gasteiger partial charge < -0.3 is 20.3 Å². The first kappa shape index (κ1) is 60.3. The molecule has 0 saturated carbocycles. The molecule has 1 amide bonds. The Hall–Kier alpha value is -3.74. The lowest BCUT2D eigenvalue weighted by molar-refractivity contribution is -0.151. The van der Waals surface area contributed by atoms with E-state index in [1.165, 1.54) is 83.5 Å². The number of aliphatic hydroxyl groups is 2. The van der Waals surface area contributed by atoms with Gasteiger partial charge in [0.25, 0.3) is 0 Å². The minimum atomic E-state index is -0.821. The summed E-state index contributed by atoms with van der Waals surface area (Å²) >= 11 is 0. The Labute approximate surface area is 393 Å². The SMILES string of the molecule is CC/C=C/C=C/C=C\C=C/C=C/CCCC(=O)OC(CCCCC/C=C/C=C/C=C/C=C/C=C/CCC)CC(=O)NC(CO)C(O)CCCCCCCCCCCCCCCCCC. The normalized spacial score (nSPS) is 14.3. The van der Waals surface area contributed by atoms with Crippen LogP contribution in [0.2, 0.25) is 0 Å². The van der Waals surface area contributed by atoms with E-state index >= 15 is 0 Å². The molecule has 0 fully saturated rings. The predicted molar refractivity (Wildman–Crippen MR) is 277 cm³/mol. The van der Waals surface area contributed by atoms with Gasteiger partial charge in [0.2, 0.25) is 5.91 Å². The zero-order valence-electron chi connectivity index (χ0n) is 41.1. The summed E-state index contributed by atoms with van der Waals surface area (Å²) in [5.41, 5.74) is 0. The molecule has 0 aromatic carbocycles. The smallest absolute Gasteiger partial charge is 0.306 e. The van der Waals surface area contributed by atoms with Gasteiger partial charge in [-0.15, -0.1) is 0 Å². The van der Waals surface area contributed by atoms with E-state index < -0.39 is 18.2 Å². The minimum Gasteiger partial charge on any atom is -0.462 e. The van der Waals surface area contributed by atoms with Crippen molar-refractivity contribution in [2.24, 2.45) is 0 Å². The second-order valence-electron chi connectivity index (χ2n) is 17.1. The van der Waals surface area contributed by atoms with E-state index in [4.69, 9.17) is 4.74 Å². The number of carbonyl (C=O) groups excluding carboxylic acids is 2. The number of amides is 1. The number of rotatable bonds is 44. The van der Waals surface area contributed by atoms with Crippen LogP contribution in [-0.4, -0.2) is 46.9 Å². The van der Waals surface area contributed by atoms with Crippen LogP contribution in [0.3, 0.4) is 0 Å². The van der Waals surface area contributed by atoms with Crippen molar-refractivity contribution < 1.29 is 24.5 Å². The number of esters is 1. The van der Waals surface area contributed by atoms with Crippen LogP contribution in [0.25, 0.3) is 0 Å². The molecule has 0 rings (SSSR count). The zero-order valence-corrected chi connectivity index (χ0v) is 41.1. The van der Waals surface area contributed by atoms with Gasteiger partial charge in [0.05, 0.1) is 25.2 Å². The summed E-state index contributed by atoms with van der Waals surface area (Å²) in [6, 6.07) is -0.739. The van der Waals surface area contributed by atoms with Crippen LogP contribution in [0.15, 0.2) is 122 Å². The molecule has 6 nitrogen and oxygen atoms in total. The number of carbonyl (C=O) groups is 2. The van der Waals surface area contributed by atoms with Gasteiger partial charge in [-0.25, -0.2) is 0 Å². The van der Waals surface area contributed by atoms with E-state index in [9.17, 15) is 19.8 Å². The maximum absolute atomic E-state index is 13.2. The lowest BCUT2D eigenvalue weighted by atomic mass is 10.0. The van der Waals surface area contributed by atoms with Crippen molar-refractivity contribution in [1.29, 1.82) is 0 Å². The molecule has 0 spiro atoms. The number of nitrogens with one attached hydrogen (secondary N) is 1. The fourth-order valence-corrected chi connectivity index (χ4v) is 7.14. The maximum Gasteiger partial charge on any atom is 0.306 e. The molecule has 3 N–H and O–H groups in total. The molecule has 0 aliphatic carbocycles. The second kappa shape index (κ2) is 50.3. The van der Waals surface area contributed by atoms with Gasteiger partial charge >= 0.3 is 5.97 Å². The van der Waals surface area contributed by atoms with Crippen LogP contribution < -0.4 is 5.32 Å². The van der Waals surface area contributed by atoms with E-state index in [0.29, 0.717) is 19.3 Å². The van der Waals surface area contributed by atoms with Crippen molar-refractivity contribution >= 4 is 11.9 Å². The highest BCUT2D eigenvalue weighted by atomic mass is 16.5. The summed E-state index contributed by atoms with van der Waals surface area (Å²) in [6.07, 6.45) is 69.7. The number of allylic oxidation sites excluding steroid dienone is 20. The Balaban J connectivity index is 4.77. The molecular weight excluding hydrogens is 791 g/mol. The predicted octanol–water partition coefficient (Wildman–Crippen LogP) is 15.7. The van der Waals surface area contributed by atoms with Crippen LogP contribution >= 0.6 is 0 Å². The van der Waals surface area contributed by atoms with Gasteiger partial charge in [0.15, 0.2) is 0 Å². The number of hydrogen-bond acceptors (Lipinski definition) is 5. The quantitative estimate of drug-likeness (QED) is 0.0322. The third kappa shape index (κ3) is 44.9. The van der Waals surface area contributed by atoms with Gasteiger partial charge in [-0.05, 0) is 57.8 Å². The van der Waals surface area contributed by atoms with Crippen molar-refractivity contribution in [3.8, 4) is 0 Å². The third-order valence-electron chi connectivity index (χ3n) is 11.0. The summed E-state index contributed by atoms with van der Waals surface area (Å²) in [4.78, 5) is 26.1. The van der Waals surface area contributed by atoms with E-state index in [1.807, 2.05) is 91.1 Å². The first-order valence-corrected chi connectivity index (χ1v) is 25.9. The average Bonchev–Trinajstić information content (AvgIpc) is 3.29. The average molecular weight is 886 g/mol. The van der Waals surface area contributed by atoms with Crippen LogP contribution in [0, 0.1) is 0 Å². The Bertz CT molecular complexity index is 1360. The highest BCUT2D eigenvalue weighted by Crippen LogP contribution is 2.17. The molecule has 3 unspecified atom stereocenters. The van der Waals surface area contributed by atoms with Gasteiger partial charge in [-0.1, -0.05) is 258 Å². The van der Waals surface area contributed by atoms with Crippen molar-refractivity contribution in [1.82, 2.24) is 5.32 Å². The van der Waals surface area contributed by atoms with Crippen LogP contribution in [0.1, 0.15) is 207 Å². The fraction of sp³-hybridized carbons (Fsp3) is 0.621. The molecule has 3 atom stereocenters. The zero-order chi connectivity index (χ0) is 46.7. The Kier molecular flexibility index (Phi) is 47.3.